The van der Waals surface area contributed by atoms with Crippen molar-refractivity contribution in [1.82, 2.24) is 0 Å². The topological polar surface area (TPSA) is 9.23 Å². The lowest BCUT2D eigenvalue weighted by Gasteiger charge is -2.13. The fraction of sp³-hybridized carbons (Fsp3) is 0.0476. The molecule has 0 aromatic heterocycles. The van der Waals surface area contributed by atoms with Gasteiger partial charge in [0, 0.05) is 5.02 Å². The minimum absolute atomic E-state index is 0.758. The van der Waals surface area contributed by atoms with Crippen molar-refractivity contribution in [2.75, 3.05) is 7.11 Å². The van der Waals surface area contributed by atoms with Crippen molar-refractivity contribution in [3.8, 4) is 16.9 Å². The summed E-state index contributed by atoms with van der Waals surface area (Å²) < 4.78 is 5.28. The van der Waals surface area contributed by atoms with Crippen molar-refractivity contribution in [1.29, 1.82) is 0 Å². The van der Waals surface area contributed by atoms with Crippen LogP contribution in [0, 0.1) is 0 Å². The molecule has 0 N–H and O–H groups in total. The third kappa shape index (κ3) is 2.43. The van der Waals surface area contributed by atoms with Crippen molar-refractivity contribution in [3.63, 3.8) is 0 Å². The quantitative estimate of drug-likeness (QED) is 0.393. The van der Waals surface area contributed by atoms with Gasteiger partial charge in [0.05, 0.1) is 7.11 Å². The Labute approximate surface area is 140 Å². The second-order valence-electron chi connectivity index (χ2n) is 5.57. The van der Waals surface area contributed by atoms with Crippen LogP contribution >= 0.6 is 11.6 Å². The maximum atomic E-state index is 6.19. The third-order valence-corrected chi connectivity index (χ3v) is 4.44. The summed E-state index contributed by atoms with van der Waals surface area (Å²) in [6.45, 7) is 0. The number of benzene rings is 4. The first-order valence-corrected chi connectivity index (χ1v) is 7.89. The number of halogens is 1. The molecule has 0 aliphatic carbocycles. The zero-order valence-corrected chi connectivity index (χ0v) is 13.5. The number of hydrogen-bond donors (Lipinski definition) is 0. The number of ether oxygens (including phenoxy) is 1. The zero-order chi connectivity index (χ0) is 15.8. The van der Waals surface area contributed by atoms with Crippen LogP contribution in [0.2, 0.25) is 5.02 Å². The summed E-state index contributed by atoms with van der Waals surface area (Å²) in [5.74, 6) is 0.862. The smallest absolute Gasteiger partial charge is 0.118 e. The van der Waals surface area contributed by atoms with E-state index in [0.29, 0.717) is 0 Å². The van der Waals surface area contributed by atoms with Gasteiger partial charge >= 0.3 is 0 Å². The van der Waals surface area contributed by atoms with Crippen LogP contribution in [-0.2, 0) is 0 Å². The highest BCUT2D eigenvalue weighted by atomic mass is 35.5. The van der Waals surface area contributed by atoms with E-state index in [9.17, 15) is 0 Å². The highest BCUT2D eigenvalue weighted by Gasteiger charge is 2.10. The molecule has 23 heavy (non-hydrogen) atoms. The van der Waals surface area contributed by atoms with E-state index < -0.39 is 0 Å². The molecule has 2 heteroatoms. The normalized spacial score (nSPS) is 11.0. The standard InChI is InChI=1S/C21H15ClO/c1-23-18-9-6-14(7-10-18)21-19-5-3-2-4-15(19)12-16-13-17(22)8-11-20(16)21/h2-13H,1H3. The van der Waals surface area contributed by atoms with Gasteiger partial charge < -0.3 is 4.74 Å². The molecule has 0 heterocycles. The predicted molar refractivity (Wildman–Crippen MR) is 98.5 cm³/mol. The monoisotopic (exact) mass is 318 g/mol. The fourth-order valence-corrected chi connectivity index (χ4v) is 3.29. The summed E-state index contributed by atoms with van der Waals surface area (Å²) in [6.07, 6.45) is 0. The lowest BCUT2D eigenvalue weighted by molar-refractivity contribution is 0.415. The molecule has 0 aliphatic heterocycles. The van der Waals surface area contributed by atoms with Gasteiger partial charge in [0.25, 0.3) is 0 Å². The van der Waals surface area contributed by atoms with Crippen molar-refractivity contribution >= 4 is 33.1 Å². The molecular weight excluding hydrogens is 304 g/mol. The van der Waals surface area contributed by atoms with E-state index in [2.05, 4.69) is 48.5 Å². The zero-order valence-electron chi connectivity index (χ0n) is 12.7. The van der Waals surface area contributed by atoms with Gasteiger partial charge in [-0.15, -0.1) is 0 Å². The molecule has 0 saturated heterocycles. The van der Waals surface area contributed by atoms with Gasteiger partial charge in [0.2, 0.25) is 0 Å². The van der Waals surface area contributed by atoms with E-state index in [1.54, 1.807) is 7.11 Å². The lowest BCUT2D eigenvalue weighted by Crippen LogP contribution is -1.87. The van der Waals surface area contributed by atoms with E-state index >= 15 is 0 Å². The molecule has 112 valence electrons. The molecule has 1 nitrogen and oxygen atoms in total. The molecule has 0 unspecified atom stereocenters. The van der Waals surface area contributed by atoms with Gasteiger partial charge in [-0.1, -0.05) is 54.1 Å². The van der Waals surface area contributed by atoms with Gasteiger partial charge in [-0.25, -0.2) is 0 Å². The summed E-state index contributed by atoms with van der Waals surface area (Å²) >= 11 is 6.19. The Morgan fingerprint density at radius 2 is 1.48 bits per heavy atom. The van der Waals surface area contributed by atoms with Crippen molar-refractivity contribution in [2.24, 2.45) is 0 Å². The third-order valence-electron chi connectivity index (χ3n) is 4.20. The molecule has 0 saturated carbocycles. The van der Waals surface area contributed by atoms with Gasteiger partial charge in [-0.2, -0.15) is 0 Å². The number of rotatable bonds is 2. The summed E-state index contributed by atoms with van der Waals surface area (Å²) in [4.78, 5) is 0. The fourth-order valence-electron chi connectivity index (χ4n) is 3.11. The predicted octanol–water partition coefficient (Wildman–Crippen LogP) is 6.32. The highest BCUT2D eigenvalue weighted by molar-refractivity contribution is 6.31. The van der Waals surface area contributed by atoms with Gasteiger partial charge in [-0.3, -0.25) is 0 Å². The summed E-state index contributed by atoms with van der Waals surface area (Å²) in [6, 6.07) is 24.9. The Kier molecular flexibility index (Phi) is 3.44. The number of fused-ring (bicyclic) bond motifs is 2. The largest absolute Gasteiger partial charge is 0.497 e. The Balaban J connectivity index is 2.11. The van der Waals surface area contributed by atoms with Crippen molar-refractivity contribution < 1.29 is 4.74 Å². The van der Waals surface area contributed by atoms with E-state index in [-0.39, 0.29) is 0 Å². The summed E-state index contributed by atoms with van der Waals surface area (Å²) in [7, 11) is 1.68. The van der Waals surface area contributed by atoms with E-state index in [4.69, 9.17) is 16.3 Å². The van der Waals surface area contributed by atoms with E-state index in [1.165, 1.54) is 27.3 Å². The van der Waals surface area contributed by atoms with Gasteiger partial charge in [0.15, 0.2) is 0 Å². The lowest BCUT2D eigenvalue weighted by atomic mass is 9.92. The summed E-state index contributed by atoms with van der Waals surface area (Å²) in [5, 5.41) is 5.58. The molecule has 4 rings (SSSR count). The van der Waals surface area contributed by atoms with Crippen LogP contribution in [0.1, 0.15) is 0 Å². The van der Waals surface area contributed by atoms with Crippen molar-refractivity contribution in [2.45, 2.75) is 0 Å². The van der Waals surface area contributed by atoms with Crippen LogP contribution in [0.5, 0.6) is 5.75 Å². The molecule has 4 aromatic carbocycles. The van der Waals surface area contributed by atoms with Crippen LogP contribution in [0.25, 0.3) is 32.7 Å². The molecule has 0 radical (unpaired) electrons. The molecule has 0 aliphatic rings. The first kappa shape index (κ1) is 14.1. The Bertz CT molecular complexity index is 1000. The average molecular weight is 319 g/mol. The van der Waals surface area contributed by atoms with Gasteiger partial charge in [0.1, 0.15) is 5.75 Å². The minimum atomic E-state index is 0.758. The summed E-state index contributed by atoms with van der Waals surface area (Å²) in [5.41, 5.74) is 2.41. The molecule has 0 fully saturated rings. The van der Waals surface area contributed by atoms with Crippen LogP contribution in [0.3, 0.4) is 0 Å². The maximum absolute atomic E-state index is 6.19. The second-order valence-corrected chi connectivity index (χ2v) is 6.00. The first-order chi connectivity index (χ1) is 11.3. The van der Waals surface area contributed by atoms with Crippen LogP contribution in [0.15, 0.2) is 72.8 Å². The molecule has 0 spiro atoms. The van der Waals surface area contributed by atoms with E-state index in [0.717, 1.165) is 16.2 Å². The Morgan fingerprint density at radius 1 is 0.739 bits per heavy atom. The van der Waals surface area contributed by atoms with Crippen LogP contribution < -0.4 is 4.74 Å². The molecule has 0 atom stereocenters. The SMILES string of the molecule is COc1ccc(-c2c3ccccc3cc3cc(Cl)ccc23)cc1. The highest BCUT2D eigenvalue weighted by Crippen LogP contribution is 2.37. The molecule has 0 amide bonds. The Hall–Kier alpha value is -2.51. The second kappa shape index (κ2) is 5.60. The average Bonchev–Trinajstić information content (AvgIpc) is 2.59. The minimum Gasteiger partial charge on any atom is -0.497 e. The molecule has 0 bridgehead atoms. The number of methoxy groups -OCH3 is 1. The van der Waals surface area contributed by atoms with Crippen molar-refractivity contribution in [3.05, 3.63) is 77.8 Å². The Morgan fingerprint density at radius 3 is 2.26 bits per heavy atom. The maximum Gasteiger partial charge on any atom is 0.118 e. The molecule has 4 aromatic rings. The van der Waals surface area contributed by atoms with Gasteiger partial charge in [-0.05, 0) is 63.0 Å². The van der Waals surface area contributed by atoms with Crippen LogP contribution in [-0.4, -0.2) is 7.11 Å². The van der Waals surface area contributed by atoms with E-state index in [1.807, 2.05) is 24.3 Å². The number of hydrogen-bond acceptors (Lipinski definition) is 1. The van der Waals surface area contributed by atoms with Crippen LogP contribution in [0.4, 0.5) is 0 Å². The molecular formula is C21H15ClO. The first-order valence-electron chi connectivity index (χ1n) is 7.52.